The van der Waals surface area contributed by atoms with E-state index in [0.717, 1.165) is 39.0 Å². The lowest BCUT2D eigenvalue weighted by Gasteiger charge is -2.32. The second-order valence-electron chi connectivity index (χ2n) is 7.12. The van der Waals surface area contributed by atoms with E-state index < -0.39 is 0 Å². The number of amides is 1. The summed E-state index contributed by atoms with van der Waals surface area (Å²) in [4.78, 5) is 19.1. The maximum atomic E-state index is 12.2. The number of piperidine rings is 1. The van der Waals surface area contributed by atoms with Crippen LogP contribution in [-0.2, 0) is 11.3 Å². The lowest BCUT2D eigenvalue weighted by Crippen LogP contribution is -2.48. The fraction of sp³-hybridized carbons (Fsp3) is 0.429. The molecule has 0 aliphatic carbocycles. The van der Waals surface area contributed by atoms with Crippen molar-refractivity contribution in [1.29, 1.82) is 0 Å². The summed E-state index contributed by atoms with van der Waals surface area (Å²) < 4.78 is 0. The van der Waals surface area contributed by atoms with Crippen LogP contribution < -0.4 is 16.0 Å². The van der Waals surface area contributed by atoms with Gasteiger partial charge in [0, 0.05) is 37.9 Å². The van der Waals surface area contributed by atoms with Crippen molar-refractivity contribution in [3.05, 3.63) is 46.7 Å². The molecule has 1 aliphatic heterocycles. The molecule has 9 heteroatoms. The average Bonchev–Trinajstić information content (AvgIpc) is 3.23. The molecule has 1 aliphatic rings. The molecule has 0 atom stereocenters. The van der Waals surface area contributed by atoms with E-state index in [1.807, 2.05) is 6.92 Å². The molecule has 7 nitrogen and oxygen atoms in total. The fourth-order valence-corrected chi connectivity index (χ4v) is 3.95. The van der Waals surface area contributed by atoms with Crippen molar-refractivity contribution in [2.24, 2.45) is 4.99 Å². The minimum absolute atomic E-state index is 0. The molecule has 3 rings (SSSR count). The summed E-state index contributed by atoms with van der Waals surface area (Å²) in [7, 11) is 0. The third-order valence-corrected chi connectivity index (χ3v) is 5.52. The lowest BCUT2D eigenvalue weighted by atomic mass is 10.0. The number of guanidine groups is 1. The third kappa shape index (κ3) is 8.11. The molecule has 0 bridgehead atoms. The molecule has 4 N–H and O–H groups in total. The molecule has 1 aromatic carbocycles. The van der Waals surface area contributed by atoms with Gasteiger partial charge in [0.2, 0.25) is 5.91 Å². The van der Waals surface area contributed by atoms with Crippen LogP contribution in [0, 0.1) is 0 Å². The van der Waals surface area contributed by atoms with Crippen molar-refractivity contribution in [2.45, 2.75) is 32.4 Å². The Kier molecular flexibility index (Phi) is 10.4. The molecule has 164 valence electrons. The molecule has 0 unspecified atom stereocenters. The maximum Gasteiger partial charge on any atom is 0.246 e. The summed E-state index contributed by atoms with van der Waals surface area (Å²) in [6.07, 6.45) is 2.10. The number of benzene rings is 1. The Morgan fingerprint density at radius 3 is 2.60 bits per heavy atom. The molecule has 1 amide bonds. The largest absolute Gasteiger partial charge is 0.508 e. The Morgan fingerprint density at radius 2 is 1.97 bits per heavy atom. The number of aliphatic imine (C=N–C) groups is 1. The highest BCUT2D eigenvalue weighted by Crippen LogP contribution is 2.16. The number of phenols is 1. The minimum atomic E-state index is -0.196. The number of rotatable bonds is 7. The molecular weight excluding hydrogens is 513 g/mol. The summed E-state index contributed by atoms with van der Waals surface area (Å²) in [5.74, 6) is 0.643. The zero-order valence-corrected chi connectivity index (χ0v) is 20.3. The number of carbonyl (C=O) groups excluding carboxylic acids is 1. The van der Waals surface area contributed by atoms with Gasteiger partial charge in [-0.3, -0.25) is 9.69 Å². The first-order valence-corrected chi connectivity index (χ1v) is 10.9. The van der Waals surface area contributed by atoms with E-state index >= 15 is 0 Å². The van der Waals surface area contributed by atoms with Crippen LogP contribution in [0.1, 0.15) is 25.3 Å². The fourth-order valence-electron chi connectivity index (χ4n) is 3.29. The Bertz CT molecular complexity index is 790. The van der Waals surface area contributed by atoms with Crippen LogP contribution in [0.25, 0.3) is 0 Å². The standard InChI is InChI=1S/C21H29N5O2S.HI/c1-2-22-21(23-13-20(28)24-17-3-5-19(27)6-4-17)25-18-7-10-26(11-8-18)14-16-9-12-29-15-16;/h3-6,9,12,15,18,27H,2,7-8,10-11,13-14H2,1H3,(H,24,28)(H2,22,23,25);1H. The number of nitrogens with zero attached hydrogens (tertiary/aromatic N) is 2. The van der Waals surface area contributed by atoms with Crippen LogP contribution in [0.15, 0.2) is 46.1 Å². The zero-order valence-electron chi connectivity index (χ0n) is 17.1. The number of carbonyl (C=O) groups is 1. The SMILES string of the molecule is CCNC(=NCC(=O)Nc1ccc(O)cc1)NC1CCN(Cc2ccsc2)CC1.I. The quantitative estimate of drug-likeness (QED) is 0.187. The number of likely N-dealkylation sites (tertiary alicyclic amines) is 1. The van der Waals surface area contributed by atoms with Crippen molar-refractivity contribution in [3.63, 3.8) is 0 Å². The van der Waals surface area contributed by atoms with Gasteiger partial charge in [0.25, 0.3) is 0 Å². The number of phenolic OH excluding ortho intramolecular Hbond substituents is 1. The molecule has 1 aromatic heterocycles. The Balaban J connectivity index is 0.00000320. The van der Waals surface area contributed by atoms with E-state index in [2.05, 4.69) is 42.7 Å². The molecule has 1 saturated heterocycles. The summed E-state index contributed by atoms with van der Waals surface area (Å²) in [6, 6.07) is 8.93. The topological polar surface area (TPSA) is 89.0 Å². The third-order valence-electron chi connectivity index (χ3n) is 4.79. The molecule has 0 spiro atoms. The van der Waals surface area contributed by atoms with Crippen molar-refractivity contribution in [1.82, 2.24) is 15.5 Å². The van der Waals surface area contributed by atoms with E-state index in [-0.39, 0.29) is 42.2 Å². The number of hydrogen-bond acceptors (Lipinski definition) is 5. The van der Waals surface area contributed by atoms with Crippen molar-refractivity contribution in [2.75, 3.05) is 31.5 Å². The zero-order chi connectivity index (χ0) is 20.5. The normalized spacial score (nSPS) is 15.3. The smallest absolute Gasteiger partial charge is 0.246 e. The number of thiophene rings is 1. The van der Waals surface area contributed by atoms with Crippen molar-refractivity contribution < 1.29 is 9.90 Å². The van der Waals surface area contributed by atoms with E-state index in [1.54, 1.807) is 23.5 Å². The number of aromatic hydroxyl groups is 1. The van der Waals surface area contributed by atoms with Gasteiger partial charge in [0.05, 0.1) is 0 Å². The molecule has 1 fully saturated rings. The van der Waals surface area contributed by atoms with Gasteiger partial charge in [0.15, 0.2) is 5.96 Å². The first-order chi connectivity index (χ1) is 14.1. The van der Waals surface area contributed by atoms with E-state index in [1.165, 1.54) is 17.7 Å². The van der Waals surface area contributed by atoms with Gasteiger partial charge in [-0.05, 0) is 66.4 Å². The molecule has 0 radical (unpaired) electrons. The van der Waals surface area contributed by atoms with Gasteiger partial charge >= 0.3 is 0 Å². The second-order valence-corrected chi connectivity index (χ2v) is 7.90. The number of hydrogen-bond donors (Lipinski definition) is 4. The highest BCUT2D eigenvalue weighted by atomic mass is 127. The van der Waals surface area contributed by atoms with Crippen LogP contribution in [0.2, 0.25) is 0 Å². The van der Waals surface area contributed by atoms with E-state index in [9.17, 15) is 9.90 Å². The van der Waals surface area contributed by atoms with Crippen molar-refractivity contribution >= 4 is 52.9 Å². The molecule has 0 saturated carbocycles. The first-order valence-electron chi connectivity index (χ1n) is 9.99. The summed E-state index contributed by atoms with van der Waals surface area (Å²) >= 11 is 1.74. The van der Waals surface area contributed by atoms with Crippen LogP contribution in [0.3, 0.4) is 0 Å². The Morgan fingerprint density at radius 1 is 1.23 bits per heavy atom. The van der Waals surface area contributed by atoms with E-state index in [0.29, 0.717) is 17.7 Å². The summed E-state index contributed by atoms with van der Waals surface area (Å²) in [5.41, 5.74) is 2.02. The van der Waals surface area contributed by atoms with E-state index in [4.69, 9.17) is 0 Å². The van der Waals surface area contributed by atoms with Gasteiger partial charge in [0.1, 0.15) is 12.3 Å². The van der Waals surface area contributed by atoms with Gasteiger partial charge in [-0.25, -0.2) is 4.99 Å². The molecule has 30 heavy (non-hydrogen) atoms. The maximum absolute atomic E-state index is 12.2. The van der Waals surface area contributed by atoms with Crippen LogP contribution in [0.4, 0.5) is 5.69 Å². The predicted molar refractivity (Wildman–Crippen MR) is 134 cm³/mol. The number of nitrogens with one attached hydrogen (secondary N) is 3. The lowest BCUT2D eigenvalue weighted by molar-refractivity contribution is -0.114. The van der Waals surface area contributed by atoms with Crippen LogP contribution in [0.5, 0.6) is 5.75 Å². The highest BCUT2D eigenvalue weighted by Gasteiger charge is 2.20. The summed E-state index contributed by atoms with van der Waals surface area (Å²) in [6.45, 7) is 5.90. The van der Waals surface area contributed by atoms with Gasteiger partial charge in [-0.15, -0.1) is 24.0 Å². The predicted octanol–water partition coefficient (Wildman–Crippen LogP) is 3.23. The molecular formula is C21H30IN5O2S. The van der Waals surface area contributed by atoms with Gasteiger partial charge in [-0.1, -0.05) is 0 Å². The van der Waals surface area contributed by atoms with Gasteiger partial charge in [-0.2, -0.15) is 11.3 Å². The summed E-state index contributed by atoms with van der Waals surface area (Å²) in [5, 5.41) is 23.1. The molecule has 2 aromatic rings. The Hall–Kier alpha value is -1.85. The molecule has 2 heterocycles. The average molecular weight is 543 g/mol. The first kappa shape index (κ1) is 24.4. The number of anilines is 1. The van der Waals surface area contributed by atoms with Crippen LogP contribution in [-0.4, -0.2) is 54.1 Å². The van der Waals surface area contributed by atoms with Gasteiger partial charge < -0.3 is 21.1 Å². The van der Waals surface area contributed by atoms with Crippen LogP contribution >= 0.6 is 35.3 Å². The van der Waals surface area contributed by atoms with Crippen molar-refractivity contribution in [3.8, 4) is 5.75 Å². The monoisotopic (exact) mass is 543 g/mol. The Labute approximate surface area is 199 Å². The second kappa shape index (κ2) is 12.8. The number of halogens is 1. The minimum Gasteiger partial charge on any atom is -0.508 e. The highest BCUT2D eigenvalue weighted by molar-refractivity contribution is 14.0.